The Morgan fingerprint density at radius 1 is 1.21 bits per heavy atom. The van der Waals surface area contributed by atoms with Crippen LogP contribution in [0.15, 0.2) is 41.3 Å². The van der Waals surface area contributed by atoms with Gasteiger partial charge in [0.15, 0.2) is 9.84 Å². The summed E-state index contributed by atoms with van der Waals surface area (Å²) in [7, 11) is -1.92. The van der Waals surface area contributed by atoms with Crippen molar-refractivity contribution in [3.8, 4) is 0 Å². The summed E-state index contributed by atoms with van der Waals surface area (Å²) in [6.07, 6.45) is 0.991. The van der Waals surface area contributed by atoms with E-state index in [-0.39, 0.29) is 28.6 Å². The van der Waals surface area contributed by atoms with E-state index in [1.807, 2.05) is 0 Å². The number of nitro groups is 1. The topological polar surface area (TPSA) is 80.5 Å². The van der Waals surface area contributed by atoms with Gasteiger partial charge in [-0.15, -0.1) is 0 Å². The first-order valence-corrected chi connectivity index (χ1v) is 8.93. The first-order valence-electron chi connectivity index (χ1n) is 7.04. The van der Waals surface area contributed by atoms with Crippen LogP contribution in [0.1, 0.15) is 11.1 Å². The van der Waals surface area contributed by atoms with Crippen LogP contribution in [0, 0.1) is 22.9 Å². The highest BCUT2D eigenvalue weighted by molar-refractivity contribution is 7.90. The highest BCUT2D eigenvalue weighted by atomic mass is 32.2. The van der Waals surface area contributed by atoms with Crippen molar-refractivity contribution in [3.63, 3.8) is 0 Å². The molecule has 128 valence electrons. The Morgan fingerprint density at radius 3 is 2.42 bits per heavy atom. The zero-order valence-corrected chi connectivity index (χ0v) is 14.3. The molecule has 0 aliphatic rings. The molecule has 0 amide bonds. The second kappa shape index (κ2) is 6.56. The lowest BCUT2D eigenvalue weighted by Gasteiger charge is -2.20. The molecule has 0 aliphatic heterocycles. The van der Waals surface area contributed by atoms with Crippen LogP contribution in [0.3, 0.4) is 0 Å². The molecule has 2 aromatic carbocycles. The molecule has 0 radical (unpaired) electrons. The zero-order valence-electron chi connectivity index (χ0n) is 13.5. The maximum absolute atomic E-state index is 13.6. The number of nitro benzene ring substituents is 1. The minimum atomic E-state index is -3.54. The third kappa shape index (κ3) is 3.88. The second-order valence-electron chi connectivity index (χ2n) is 5.62. The molecule has 2 rings (SSSR count). The van der Waals surface area contributed by atoms with Gasteiger partial charge in [0.05, 0.1) is 9.82 Å². The van der Waals surface area contributed by atoms with Crippen molar-refractivity contribution in [2.24, 2.45) is 0 Å². The number of hydrogen-bond acceptors (Lipinski definition) is 5. The van der Waals surface area contributed by atoms with Crippen LogP contribution in [0.4, 0.5) is 15.8 Å². The maximum atomic E-state index is 13.6. The summed E-state index contributed by atoms with van der Waals surface area (Å²) in [5.74, 6) is -0.345. The lowest BCUT2D eigenvalue weighted by Crippen LogP contribution is -2.18. The second-order valence-corrected chi connectivity index (χ2v) is 7.64. The lowest BCUT2D eigenvalue weighted by atomic mass is 10.1. The Kier molecular flexibility index (Phi) is 4.88. The van der Waals surface area contributed by atoms with E-state index in [0.717, 1.165) is 12.3 Å². The molecule has 2 aromatic rings. The predicted molar refractivity (Wildman–Crippen MR) is 89.5 cm³/mol. The molecule has 0 unspecified atom stereocenters. The van der Waals surface area contributed by atoms with E-state index >= 15 is 0 Å². The fourth-order valence-electron chi connectivity index (χ4n) is 2.30. The van der Waals surface area contributed by atoms with Gasteiger partial charge < -0.3 is 4.90 Å². The Hall–Kier alpha value is -2.48. The van der Waals surface area contributed by atoms with Crippen molar-refractivity contribution in [1.82, 2.24) is 0 Å². The summed E-state index contributed by atoms with van der Waals surface area (Å²) in [6.45, 7) is 1.90. The number of sulfone groups is 1. The van der Waals surface area contributed by atoms with Crippen LogP contribution in [0.25, 0.3) is 0 Å². The van der Waals surface area contributed by atoms with Crippen LogP contribution in [-0.4, -0.2) is 26.6 Å². The average molecular weight is 352 g/mol. The number of aryl methyl sites for hydroxylation is 1. The molecule has 6 nitrogen and oxygen atoms in total. The fraction of sp³-hybridized carbons (Fsp3) is 0.250. The number of rotatable bonds is 5. The Balaban J connectivity index is 2.39. The number of benzene rings is 2. The van der Waals surface area contributed by atoms with Crippen LogP contribution < -0.4 is 4.90 Å². The van der Waals surface area contributed by atoms with Gasteiger partial charge in [0.1, 0.15) is 11.5 Å². The summed E-state index contributed by atoms with van der Waals surface area (Å²) in [5, 5.41) is 11.3. The van der Waals surface area contributed by atoms with Crippen molar-refractivity contribution >= 4 is 21.2 Å². The third-order valence-corrected chi connectivity index (χ3v) is 4.75. The van der Waals surface area contributed by atoms with Gasteiger partial charge in [-0.05, 0) is 36.2 Å². The number of anilines is 1. The summed E-state index contributed by atoms with van der Waals surface area (Å²) in [5.41, 5.74) is 1.12. The van der Waals surface area contributed by atoms with Crippen molar-refractivity contribution < 1.29 is 17.7 Å². The van der Waals surface area contributed by atoms with Gasteiger partial charge in [-0.25, -0.2) is 12.8 Å². The van der Waals surface area contributed by atoms with Crippen LogP contribution in [-0.2, 0) is 16.4 Å². The Morgan fingerprint density at radius 2 is 1.88 bits per heavy atom. The van der Waals surface area contributed by atoms with Gasteiger partial charge in [-0.2, -0.15) is 0 Å². The number of nitrogens with zero attached hydrogens (tertiary/aromatic N) is 2. The zero-order chi connectivity index (χ0) is 18.1. The van der Waals surface area contributed by atoms with Gasteiger partial charge in [0, 0.05) is 25.9 Å². The molecule has 0 bridgehead atoms. The largest absolute Gasteiger partial charge is 0.365 e. The molecule has 0 spiro atoms. The van der Waals surface area contributed by atoms with Gasteiger partial charge >= 0.3 is 0 Å². The first kappa shape index (κ1) is 17.9. The van der Waals surface area contributed by atoms with Crippen molar-refractivity contribution in [1.29, 1.82) is 0 Å². The van der Waals surface area contributed by atoms with E-state index in [9.17, 15) is 22.9 Å². The third-order valence-electron chi connectivity index (χ3n) is 3.64. The molecule has 0 N–H and O–H groups in total. The van der Waals surface area contributed by atoms with E-state index in [2.05, 4.69) is 0 Å². The molecule has 0 atom stereocenters. The maximum Gasteiger partial charge on any atom is 0.293 e. The Labute approximate surface area is 139 Å². The van der Waals surface area contributed by atoms with E-state index in [0.29, 0.717) is 11.1 Å². The summed E-state index contributed by atoms with van der Waals surface area (Å²) in [6, 6.07) is 8.51. The van der Waals surface area contributed by atoms with Crippen molar-refractivity contribution in [2.45, 2.75) is 18.4 Å². The van der Waals surface area contributed by atoms with Crippen LogP contribution in [0.2, 0.25) is 0 Å². The van der Waals surface area contributed by atoms with Crippen LogP contribution >= 0.6 is 0 Å². The van der Waals surface area contributed by atoms with Crippen LogP contribution in [0.5, 0.6) is 0 Å². The highest BCUT2D eigenvalue weighted by Gasteiger charge is 2.21. The molecule has 0 fully saturated rings. The molecule has 8 heteroatoms. The Bertz CT molecular complexity index is 897. The smallest absolute Gasteiger partial charge is 0.293 e. The molecule has 0 saturated heterocycles. The average Bonchev–Trinajstić information content (AvgIpc) is 2.49. The SMILES string of the molecule is Cc1ccc(CN(C)c2ccc(S(C)(=O)=O)cc2[N+](=O)[O-])cc1F. The summed E-state index contributed by atoms with van der Waals surface area (Å²) >= 11 is 0. The predicted octanol–water partition coefficient (Wildman–Crippen LogP) is 3.08. The standard InChI is InChI=1S/C16H17FN2O4S/c1-11-4-5-12(8-14(11)17)10-18(2)15-7-6-13(24(3,22)23)9-16(15)19(20)21/h4-9H,10H2,1-3H3. The minimum Gasteiger partial charge on any atom is -0.365 e. The highest BCUT2D eigenvalue weighted by Crippen LogP contribution is 2.31. The van der Waals surface area contributed by atoms with Gasteiger partial charge in [0.2, 0.25) is 0 Å². The van der Waals surface area contributed by atoms with Gasteiger partial charge in [0.25, 0.3) is 5.69 Å². The molecule has 0 heterocycles. The quantitative estimate of drug-likeness (QED) is 0.610. The van der Waals surface area contributed by atoms with E-state index in [1.165, 1.54) is 18.2 Å². The van der Waals surface area contributed by atoms with Gasteiger partial charge in [-0.3, -0.25) is 10.1 Å². The summed E-state index contributed by atoms with van der Waals surface area (Å²) in [4.78, 5) is 12.1. The van der Waals surface area contributed by atoms with Crippen molar-refractivity contribution in [2.75, 3.05) is 18.2 Å². The fourth-order valence-corrected chi connectivity index (χ4v) is 2.94. The minimum absolute atomic E-state index is 0.118. The molecular weight excluding hydrogens is 335 g/mol. The lowest BCUT2D eigenvalue weighted by molar-refractivity contribution is -0.384. The van der Waals surface area contributed by atoms with Crippen molar-refractivity contribution in [3.05, 3.63) is 63.5 Å². The molecule has 0 saturated carbocycles. The molecular formula is C16H17FN2O4S. The van der Waals surface area contributed by atoms with E-state index in [1.54, 1.807) is 31.0 Å². The van der Waals surface area contributed by atoms with Gasteiger partial charge in [-0.1, -0.05) is 12.1 Å². The number of halogens is 1. The van der Waals surface area contributed by atoms with E-state index < -0.39 is 14.8 Å². The molecule has 0 aliphatic carbocycles. The summed E-state index contributed by atoms with van der Waals surface area (Å²) < 4.78 is 36.8. The normalized spacial score (nSPS) is 11.3. The first-order chi connectivity index (χ1) is 11.1. The monoisotopic (exact) mass is 352 g/mol. The van der Waals surface area contributed by atoms with E-state index in [4.69, 9.17) is 0 Å². The molecule has 0 aromatic heterocycles. The molecule has 24 heavy (non-hydrogen) atoms. The number of hydrogen-bond donors (Lipinski definition) is 0.